The van der Waals surface area contributed by atoms with E-state index in [1.165, 1.54) is 0 Å². The van der Waals surface area contributed by atoms with Crippen molar-refractivity contribution in [3.05, 3.63) is 89.0 Å². The highest BCUT2D eigenvalue weighted by Crippen LogP contribution is 2.43. The lowest BCUT2D eigenvalue weighted by atomic mass is 9.78. The van der Waals surface area contributed by atoms with Crippen LogP contribution in [0.15, 0.2) is 0 Å². The van der Waals surface area contributed by atoms with Gasteiger partial charge in [-0.1, -0.05) is 7.43 Å². The summed E-state index contributed by atoms with van der Waals surface area (Å²) in [5.41, 5.74) is 10.9. The molecule has 0 unspecified atom stereocenters. The Kier molecular flexibility index (Phi) is 7.03. The molecule has 4 aromatic rings. The molecular formula is C37H36N8O4. The molecule has 4 aromatic carbocycles. The summed E-state index contributed by atoms with van der Waals surface area (Å²) in [5, 5.41) is 45.9. The van der Waals surface area contributed by atoms with Gasteiger partial charge in [-0.3, -0.25) is 40.8 Å². The van der Waals surface area contributed by atoms with E-state index in [-0.39, 0.29) is 54.4 Å². The zero-order valence-corrected chi connectivity index (χ0v) is 27.6. The molecule has 8 N–H and O–H groups in total. The van der Waals surface area contributed by atoms with Crippen molar-refractivity contribution in [1.82, 2.24) is 21.3 Å². The number of rotatable bonds is 0. The summed E-state index contributed by atoms with van der Waals surface area (Å²) >= 11 is 0. The van der Waals surface area contributed by atoms with E-state index in [1.54, 1.807) is 0 Å². The lowest BCUT2D eigenvalue weighted by Gasteiger charge is -2.30. The number of carbonyl (C=O) groups is 4. The zero-order valence-electron chi connectivity index (χ0n) is 27.6. The summed E-state index contributed by atoms with van der Waals surface area (Å²) in [6.07, 6.45) is 0. The number of amides is 4. The van der Waals surface area contributed by atoms with E-state index in [1.807, 2.05) is 55.4 Å². The molecule has 4 heterocycles. The Labute approximate surface area is 282 Å². The van der Waals surface area contributed by atoms with E-state index < -0.39 is 0 Å². The lowest BCUT2D eigenvalue weighted by molar-refractivity contribution is 0.0964. The van der Waals surface area contributed by atoms with Crippen molar-refractivity contribution in [2.75, 3.05) is 0 Å². The SMILES string of the molecule is C.Cc1c(C)c2c3c(c(C)c(C)c4c3c1C(=N)NC4=O)C(=N)NC2=O.Cc1c(C)c2c3c(c(C)c(C)c4c3c1C(=N)NC4=O)C(=O)NC2=N. The second-order valence-electron chi connectivity index (χ2n) is 12.8. The molecule has 12 heteroatoms. The van der Waals surface area contributed by atoms with Gasteiger partial charge in [0.25, 0.3) is 23.6 Å². The zero-order chi connectivity index (χ0) is 35.0. The second kappa shape index (κ2) is 10.5. The van der Waals surface area contributed by atoms with E-state index in [4.69, 9.17) is 21.6 Å². The van der Waals surface area contributed by atoms with Gasteiger partial charge < -0.3 is 21.3 Å². The van der Waals surface area contributed by atoms with Crippen LogP contribution >= 0.6 is 0 Å². The molecule has 12 nitrogen and oxygen atoms in total. The van der Waals surface area contributed by atoms with Gasteiger partial charge in [0.2, 0.25) is 0 Å². The summed E-state index contributed by atoms with van der Waals surface area (Å²) in [7, 11) is 0. The van der Waals surface area contributed by atoms with Gasteiger partial charge in [0.15, 0.2) is 0 Å². The van der Waals surface area contributed by atoms with Crippen LogP contribution in [-0.4, -0.2) is 47.0 Å². The molecule has 0 aliphatic carbocycles. The van der Waals surface area contributed by atoms with Crippen LogP contribution in [0, 0.1) is 77.0 Å². The van der Waals surface area contributed by atoms with E-state index in [0.29, 0.717) is 66.1 Å². The summed E-state index contributed by atoms with van der Waals surface area (Å²) in [6, 6.07) is 0. The Morgan fingerprint density at radius 1 is 0.306 bits per heavy atom. The standard InChI is InChI=1S/2C18H16N4O2.CH4/c1-5-7(3)11-14-10(16(20)22-17(11)23)6(2)8(4)12-13(14)9(5)15(19)21-18(12)24;1-5-6(2)10-14-12(18(24)22-16(10)20)8(4)7(3)11-13(14)9(5)15(19)21-17(11)23;/h1-4H3,(H2,19,21,24)(H2,20,22,23);1-4H3,(H2,19,21,23)(H2,20,22,24);1H4. The van der Waals surface area contributed by atoms with Crippen molar-refractivity contribution in [2.45, 2.75) is 62.8 Å². The van der Waals surface area contributed by atoms with Crippen molar-refractivity contribution in [3.8, 4) is 0 Å². The van der Waals surface area contributed by atoms with Gasteiger partial charge in [0, 0.05) is 43.8 Å². The third-order valence-electron chi connectivity index (χ3n) is 10.6. The van der Waals surface area contributed by atoms with Crippen LogP contribution in [0.5, 0.6) is 0 Å². The van der Waals surface area contributed by atoms with Crippen molar-refractivity contribution in [3.63, 3.8) is 0 Å². The first-order chi connectivity index (χ1) is 22.5. The normalized spacial score (nSPS) is 15.3. The first-order valence-corrected chi connectivity index (χ1v) is 15.3. The Bertz CT molecular complexity index is 1970. The topological polar surface area (TPSA) is 212 Å². The molecule has 0 spiro atoms. The second-order valence-corrected chi connectivity index (χ2v) is 12.8. The smallest absolute Gasteiger partial charge is 0.257 e. The molecule has 4 aliphatic rings. The maximum Gasteiger partial charge on any atom is 0.257 e. The number of hydrogen-bond acceptors (Lipinski definition) is 8. The minimum Gasteiger partial charge on any atom is -0.306 e. The highest BCUT2D eigenvalue weighted by Gasteiger charge is 2.38. The Morgan fingerprint density at radius 2 is 0.449 bits per heavy atom. The van der Waals surface area contributed by atoms with Crippen LogP contribution in [0.25, 0.3) is 21.5 Å². The van der Waals surface area contributed by atoms with Gasteiger partial charge in [-0.2, -0.15) is 0 Å². The van der Waals surface area contributed by atoms with Crippen molar-refractivity contribution >= 4 is 68.5 Å². The Morgan fingerprint density at radius 3 is 0.612 bits per heavy atom. The molecule has 8 rings (SSSR count). The van der Waals surface area contributed by atoms with Crippen molar-refractivity contribution < 1.29 is 19.2 Å². The lowest BCUT2D eigenvalue weighted by Crippen LogP contribution is -2.41. The van der Waals surface area contributed by atoms with Gasteiger partial charge in [-0.05, 0) is 99.9 Å². The van der Waals surface area contributed by atoms with Crippen LogP contribution in [0.4, 0.5) is 0 Å². The van der Waals surface area contributed by atoms with Gasteiger partial charge in [-0.15, -0.1) is 0 Å². The molecule has 49 heavy (non-hydrogen) atoms. The van der Waals surface area contributed by atoms with E-state index >= 15 is 0 Å². The van der Waals surface area contributed by atoms with E-state index in [0.717, 1.165) is 44.5 Å². The largest absolute Gasteiger partial charge is 0.306 e. The van der Waals surface area contributed by atoms with Crippen LogP contribution in [0.1, 0.15) is 116 Å². The van der Waals surface area contributed by atoms with Gasteiger partial charge in [-0.25, -0.2) is 0 Å². The highest BCUT2D eigenvalue weighted by molar-refractivity contribution is 6.37. The van der Waals surface area contributed by atoms with Gasteiger partial charge >= 0.3 is 0 Å². The van der Waals surface area contributed by atoms with Crippen LogP contribution < -0.4 is 21.3 Å². The summed E-state index contributed by atoms with van der Waals surface area (Å²) in [6.45, 7) is 14.8. The third-order valence-corrected chi connectivity index (χ3v) is 10.6. The first-order valence-electron chi connectivity index (χ1n) is 15.3. The summed E-state index contributed by atoms with van der Waals surface area (Å²) in [4.78, 5) is 50.2. The fraction of sp³-hybridized carbons (Fsp3) is 0.243. The predicted octanol–water partition coefficient (Wildman–Crippen LogP) is 5.06. The molecule has 0 bridgehead atoms. The molecule has 0 aromatic heterocycles. The Hall–Kier alpha value is -6.04. The first kappa shape index (κ1) is 32.9. The average Bonchev–Trinajstić information content (AvgIpc) is 2.99. The minimum atomic E-state index is -0.327. The van der Waals surface area contributed by atoms with Gasteiger partial charge in [0.05, 0.1) is 22.3 Å². The number of hydrogen-bond donors (Lipinski definition) is 8. The summed E-state index contributed by atoms with van der Waals surface area (Å²) in [5.74, 6) is -1.12. The Balaban J connectivity index is 0.000000167. The fourth-order valence-electron chi connectivity index (χ4n) is 7.84. The number of carbonyl (C=O) groups excluding carboxylic acids is 4. The molecule has 4 amide bonds. The number of benzene rings is 4. The maximum absolute atomic E-state index is 12.5. The minimum absolute atomic E-state index is 0. The molecule has 4 aliphatic heterocycles. The molecule has 248 valence electrons. The number of amidine groups is 4. The monoisotopic (exact) mass is 656 g/mol. The molecule has 0 fully saturated rings. The average molecular weight is 657 g/mol. The maximum atomic E-state index is 12.5. The van der Waals surface area contributed by atoms with E-state index in [9.17, 15) is 19.2 Å². The quantitative estimate of drug-likeness (QED) is 0.130. The van der Waals surface area contributed by atoms with Crippen LogP contribution in [-0.2, 0) is 0 Å². The molecule has 0 saturated heterocycles. The molecular weight excluding hydrogens is 620 g/mol. The van der Waals surface area contributed by atoms with E-state index in [2.05, 4.69) is 21.3 Å². The molecule has 0 radical (unpaired) electrons. The van der Waals surface area contributed by atoms with Gasteiger partial charge in [0.1, 0.15) is 23.3 Å². The summed E-state index contributed by atoms with van der Waals surface area (Å²) < 4.78 is 0. The van der Waals surface area contributed by atoms with Crippen LogP contribution in [0.2, 0.25) is 0 Å². The third kappa shape index (κ3) is 3.97. The molecule has 0 saturated carbocycles. The van der Waals surface area contributed by atoms with Crippen molar-refractivity contribution in [2.24, 2.45) is 0 Å². The molecule has 0 atom stereocenters. The predicted molar refractivity (Wildman–Crippen MR) is 190 cm³/mol. The van der Waals surface area contributed by atoms with Crippen molar-refractivity contribution in [1.29, 1.82) is 21.6 Å². The van der Waals surface area contributed by atoms with Crippen LogP contribution in [0.3, 0.4) is 0 Å². The fourth-order valence-corrected chi connectivity index (χ4v) is 7.84. The highest BCUT2D eigenvalue weighted by atomic mass is 16.2. The number of nitrogens with one attached hydrogen (secondary N) is 8.